The van der Waals surface area contributed by atoms with Crippen LogP contribution in [0.15, 0.2) is 70.1 Å². The maximum atomic E-state index is 12.8. The van der Waals surface area contributed by atoms with Crippen molar-refractivity contribution in [2.24, 2.45) is 5.73 Å². The number of hydrogen-bond acceptors (Lipinski definition) is 6. The van der Waals surface area contributed by atoms with E-state index in [1.807, 2.05) is 0 Å². The zero-order valence-electron chi connectivity index (χ0n) is 17.7. The van der Waals surface area contributed by atoms with Crippen molar-refractivity contribution in [1.82, 2.24) is 10.3 Å². The number of aromatic amines is 1. The molecule has 0 fully saturated rings. The largest absolute Gasteiger partial charge is 0.405 e. The van der Waals surface area contributed by atoms with Gasteiger partial charge in [0.2, 0.25) is 0 Å². The van der Waals surface area contributed by atoms with Crippen molar-refractivity contribution in [3.05, 3.63) is 87.5 Å². The number of aryl methyl sites for hydroxylation is 1. The summed E-state index contributed by atoms with van der Waals surface area (Å²) in [4.78, 5) is 15.8. The Bertz CT molecular complexity index is 1260. The molecule has 0 aliphatic heterocycles. The zero-order chi connectivity index (χ0) is 23.2. The van der Waals surface area contributed by atoms with Gasteiger partial charge in [-0.25, -0.2) is 8.42 Å². The number of benzene rings is 1. The number of rotatable bonds is 6. The summed E-state index contributed by atoms with van der Waals surface area (Å²) in [5.74, 6) is 0. The standard InChI is InChI=1S/C20H21N3O3S2.C2H5N/c1-12-7-5-6-8-19(12)28(25,26)23-17-11-27-10-15(17)16-9-18(24)13(2)20(22-16)14(3)21-4;1-2-3/h5-11,21,23H,3H2,1-2,4H3,(H,22,24);2H,1,3H2. The molecule has 31 heavy (non-hydrogen) atoms. The van der Waals surface area contributed by atoms with Crippen LogP contribution in [-0.4, -0.2) is 20.4 Å². The van der Waals surface area contributed by atoms with Gasteiger partial charge >= 0.3 is 0 Å². The van der Waals surface area contributed by atoms with Crippen LogP contribution in [0.2, 0.25) is 0 Å². The van der Waals surface area contributed by atoms with E-state index in [2.05, 4.69) is 33.9 Å². The Balaban J connectivity index is 0.00000107. The van der Waals surface area contributed by atoms with Crippen molar-refractivity contribution >= 4 is 32.7 Å². The second kappa shape index (κ2) is 10.1. The summed E-state index contributed by atoms with van der Waals surface area (Å²) in [7, 11) is -2.04. The SMILES string of the molecule is C=C(NC)c1[nH]c(-c2cscc2NS(=O)(=O)c2ccccc2C)cc(=O)c1C.C=CN. The predicted molar refractivity (Wildman–Crippen MR) is 130 cm³/mol. The fourth-order valence-electron chi connectivity index (χ4n) is 2.84. The average Bonchev–Trinajstić information content (AvgIpc) is 3.17. The molecule has 2 heterocycles. The van der Waals surface area contributed by atoms with E-state index in [-0.39, 0.29) is 10.3 Å². The highest BCUT2D eigenvalue weighted by Gasteiger charge is 2.20. The summed E-state index contributed by atoms with van der Waals surface area (Å²) in [6.07, 6.45) is 1.25. The van der Waals surface area contributed by atoms with Crippen molar-refractivity contribution < 1.29 is 8.42 Å². The quantitative estimate of drug-likeness (QED) is 0.448. The number of pyridine rings is 1. The van der Waals surface area contributed by atoms with Crippen LogP contribution in [0.4, 0.5) is 5.69 Å². The third kappa shape index (κ3) is 5.44. The molecular formula is C22H26N4O3S2. The predicted octanol–water partition coefficient (Wildman–Crippen LogP) is 3.80. The van der Waals surface area contributed by atoms with Gasteiger partial charge in [0.15, 0.2) is 5.43 Å². The highest BCUT2D eigenvalue weighted by molar-refractivity contribution is 7.92. The van der Waals surface area contributed by atoms with Gasteiger partial charge in [0, 0.05) is 35.0 Å². The van der Waals surface area contributed by atoms with Gasteiger partial charge in [-0.1, -0.05) is 31.4 Å². The van der Waals surface area contributed by atoms with Crippen molar-refractivity contribution in [2.75, 3.05) is 11.8 Å². The zero-order valence-corrected chi connectivity index (χ0v) is 19.3. The molecule has 0 saturated carbocycles. The molecule has 1 aromatic carbocycles. The molecule has 9 heteroatoms. The minimum Gasteiger partial charge on any atom is -0.405 e. The fraction of sp³-hybridized carbons (Fsp3) is 0.136. The van der Waals surface area contributed by atoms with Gasteiger partial charge in [-0.3, -0.25) is 9.52 Å². The van der Waals surface area contributed by atoms with Crippen LogP contribution in [0.3, 0.4) is 0 Å². The Morgan fingerprint density at radius 3 is 2.48 bits per heavy atom. The number of hydrogen-bond donors (Lipinski definition) is 4. The van der Waals surface area contributed by atoms with Crippen LogP contribution in [0, 0.1) is 13.8 Å². The lowest BCUT2D eigenvalue weighted by molar-refractivity contribution is 0.600. The Labute approximate surface area is 186 Å². The Hall–Kier alpha value is -3.30. The molecule has 0 amide bonds. The van der Waals surface area contributed by atoms with E-state index in [1.54, 1.807) is 55.9 Å². The first-order valence-electron chi connectivity index (χ1n) is 9.24. The summed E-state index contributed by atoms with van der Waals surface area (Å²) in [6.45, 7) is 10.5. The maximum Gasteiger partial charge on any atom is 0.262 e. The molecule has 3 rings (SSSR count). The van der Waals surface area contributed by atoms with E-state index in [9.17, 15) is 13.2 Å². The molecule has 0 bridgehead atoms. The summed E-state index contributed by atoms with van der Waals surface area (Å²) >= 11 is 1.34. The van der Waals surface area contributed by atoms with Gasteiger partial charge in [-0.2, -0.15) is 0 Å². The maximum absolute atomic E-state index is 12.8. The molecule has 0 radical (unpaired) electrons. The molecule has 2 aromatic heterocycles. The summed E-state index contributed by atoms with van der Waals surface area (Å²) < 4.78 is 28.3. The highest BCUT2D eigenvalue weighted by atomic mass is 32.2. The summed E-state index contributed by atoms with van der Waals surface area (Å²) in [6, 6.07) is 8.25. The minimum absolute atomic E-state index is 0.154. The van der Waals surface area contributed by atoms with Crippen LogP contribution in [-0.2, 0) is 10.0 Å². The first-order chi connectivity index (χ1) is 14.7. The summed E-state index contributed by atoms with van der Waals surface area (Å²) in [5, 5.41) is 6.43. The van der Waals surface area contributed by atoms with E-state index in [1.165, 1.54) is 23.6 Å². The molecule has 3 aromatic rings. The highest BCUT2D eigenvalue weighted by Crippen LogP contribution is 2.32. The normalized spacial score (nSPS) is 10.5. The lowest BCUT2D eigenvalue weighted by Gasteiger charge is -2.13. The smallest absolute Gasteiger partial charge is 0.262 e. The second-order valence-electron chi connectivity index (χ2n) is 6.58. The van der Waals surface area contributed by atoms with E-state index >= 15 is 0 Å². The van der Waals surface area contributed by atoms with E-state index in [0.29, 0.717) is 39.5 Å². The van der Waals surface area contributed by atoms with Crippen LogP contribution in [0.5, 0.6) is 0 Å². The molecule has 0 aliphatic carbocycles. The van der Waals surface area contributed by atoms with Gasteiger partial charge in [0.25, 0.3) is 10.0 Å². The van der Waals surface area contributed by atoms with Crippen molar-refractivity contribution in [3.63, 3.8) is 0 Å². The Kier molecular flexibility index (Phi) is 7.84. The van der Waals surface area contributed by atoms with Crippen LogP contribution >= 0.6 is 11.3 Å². The lowest BCUT2D eigenvalue weighted by Crippen LogP contribution is -2.16. The van der Waals surface area contributed by atoms with E-state index < -0.39 is 10.0 Å². The number of H-pyrrole nitrogens is 1. The van der Waals surface area contributed by atoms with Crippen molar-refractivity contribution in [3.8, 4) is 11.3 Å². The number of nitrogens with two attached hydrogens (primary N) is 1. The first-order valence-corrected chi connectivity index (χ1v) is 11.7. The van der Waals surface area contributed by atoms with Crippen LogP contribution in [0.1, 0.15) is 16.8 Å². The number of aromatic nitrogens is 1. The molecular weight excluding hydrogens is 432 g/mol. The van der Waals surface area contributed by atoms with Crippen LogP contribution < -0.4 is 21.2 Å². The van der Waals surface area contributed by atoms with Crippen molar-refractivity contribution in [2.45, 2.75) is 18.7 Å². The number of nitrogens with one attached hydrogen (secondary N) is 3. The first kappa shape index (κ1) is 24.0. The molecule has 164 valence electrons. The van der Waals surface area contributed by atoms with Crippen molar-refractivity contribution in [1.29, 1.82) is 0 Å². The Morgan fingerprint density at radius 2 is 1.87 bits per heavy atom. The Morgan fingerprint density at radius 1 is 1.23 bits per heavy atom. The van der Waals surface area contributed by atoms with Gasteiger partial charge in [-0.15, -0.1) is 11.3 Å². The molecule has 0 saturated heterocycles. The minimum atomic E-state index is -3.76. The van der Waals surface area contributed by atoms with Gasteiger partial charge < -0.3 is 16.0 Å². The molecule has 5 N–H and O–H groups in total. The third-order valence-electron chi connectivity index (χ3n) is 4.46. The fourth-order valence-corrected chi connectivity index (χ4v) is 5.01. The van der Waals surface area contributed by atoms with Gasteiger partial charge in [0.1, 0.15) is 0 Å². The van der Waals surface area contributed by atoms with E-state index in [4.69, 9.17) is 0 Å². The number of thiophene rings is 1. The molecule has 7 nitrogen and oxygen atoms in total. The van der Waals surface area contributed by atoms with E-state index in [0.717, 1.165) is 0 Å². The topological polar surface area (TPSA) is 117 Å². The van der Waals surface area contributed by atoms with Crippen LogP contribution in [0.25, 0.3) is 17.0 Å². The molecule has 0 atom stereocenters. The summed E-state index contributed by atoms with van der Waals surface area (Å²) in [5.41, 5.74) is 8.35. The lowest BCUT2D eigenvalue weighted by atomic mass is 10.1. The monoisotopic (exact) mass is 458 g/mol. The number of sulfonamides is 1. The second-order valence-corrected chi connectivity index (χ2v) is 8.98. The van der Waals surface area contributed by atoms with Gasteiger partial charge in [0.05, 0.1) is 27.7 Å². The van der Waals surface area contributed by atoms with Gasteiger partial charge in [-0.05, 0) is 31.7 Å². The number of anilines is 1. The third-order valence-corrected chi connectivity index (χ3v) is 6.73. The molecule has 0 aliphatic rings. The molecule has 0 unspecified atom stereocenters. The molecule has 0 spiro atoms. The average molecular weight is 459 g/mol.